The number of rotatable bonds is 3. The van der Waals surface area contributed by atoms with Gasteiger partial charge in [0.2, 0.25) is 0 Å². The summed E-state index contributed by atoms with van der Waals surface area (Å²) in [6.07, 6.45) is 2.12. The number of ether oxygens (including phenoxy) is 1. The van der Waals surface area contributed by atoms with E-state index in [1.165, 1.54) is 0 Å². The lowest BCUT2D eigenvalue weighted by molar-refractivity contribution is -0.112. The predicted octanol–water partition coefficient (Wildman–Crippen LogP) is 4.53. The van der Waals surface area contributed by atoms with Crippen LogP contribution in [-0.4, -0.2) is 29.7 Å². The molecule has 0 radical (unpaired) electrons. The van der Waals surface area contributed by atoms with Crippen LogP contribution < -0.4 is 4.90 Å². The van der Waals surface area contributed by atoms with E-state index in [4.69, 9.17) is 4.74 Å². The summed E-state index contributed by atoms with van der Waals surface area (Å²) < 4.78 is 5.01. The van der Waals surface area contributed by atoms with Gasteiger partial charge in [-0.2, -0.15) is 0 Å². The maximum Gasteiger partial charge on any atom is 0.338 e. The molecular weight excluding hydrogens is 352 g/mol. The van der Waals surface area contributed by atoms with Crippen molar-refractivity contribution in [1.29, 1.82) is 0 Å². The molecule has 2 aromatic carbocycles. The van der Waals surface area contributed by atoms with Crippen molar-refractivity contribution >= 4 is 34.5 Å². The first kappa shape index (κ1) is 18.2. The van der Waals surface area contributed by atoms with Crippen molar-refractivity contribution in [3.63, 3.8) is 0 Å². The highest BCUT2D eigenvalue weighted by Gasteiger charge is 2.45. The molecule has 28 heavy (non-hydrogen) atoms. The van der Waals surface area contributed by atoms with Crippen LogP contribution in [0.1, 0.15) is 49.2 Å². The van der Waals surface area contributed by atoms with Gasteiger partial charge in [-0.05, 0) is 57.5 Å². The summed E-state index contributed by atoms with van der Waals surface area (Å²) in [5.74, 6) is -0.473. The van der Waals surface area contributed by atoms with Gasteiger partial charge in [0.05, 0.1) is 29.1 Å². The molecule has 0 fully saturated rings. The number of hydrogen-bond donors (Lipinski definition) is 0. The third-order valence-corrected chi connectivity index (χ3v) is 5.11. The summed E-state index contributed by atoms with van der Waals surface area (Å²) in [4.78, 5) is 31.5. The van der Waals surface area contributed by atoms with Gasteiger partial charge in [0, 0.05) is 11.1 Å². The number of hydrogen-bond acceptors (Lipinski definition) is 4. The van der Waals surface area contributed by atoms with E-state index in [-0.39, 0.29) is 11.9 Å². The van der Waals surface area contributed by atoms with Crippen molar-refractivity contribution in [2.45, 2.75) is 33.2 Å². The van der Waals surface area contributed by atoms with Gasteiger partial charge in [-0.15, -0.1) is 0 Å². The van der Waals surface area contributed by atoms with Gasteiger partial charge in [-0.3, -0.25) is 9.69 Å². The van der Waals surface area contributed by atoms with Crippen LogP contribution in [-0.2, 0) is 9.53 Å². The summed E-state index contributed by atoms with van der Waals surface area (Å²) in [6, 6.07) is 12.7. The maximum absolute atomic E-state index is 13.3. The molecule has 0 unspecified atom stereocenters. The number of nitrogens with zero attached hydrogens (tertiary/aromatic N) is 2. The lowest BCUT2D eigenvalue weighted by Crippen LogP contribution is -2.47. The second kappa shape index (κ2) is 6.44. The minimum atomic E-state index is -0.421. The van der Waals surface area contributed by atoms with Gasteiger partial charge in [0.1, 0.15) is 5.71 Å². The van der Waals surface area contributed by atoms with Crippen molar-refractivity contribution in [2.24, 2.45) is 4.99 Å². The topological polar surface area (TPSA) is 59.0 Å². The van der Waals surface area contributed by atoms with E-state index in [1.54, 1.807) is 31.2 Å². The molecule has 142 valence electrons. The zero-order chi connectivity index (χ0) is 20.1. The Hall–Kier alpha value is -3.21. The third kappa shape index (κ3) is 2.74. The highest BCUT2D eigenvalue weighted by Crippen LogP contribution is 2.45. The molecule has 0 aliphatic carbocycles. The van der Waals surface area contributed by atoms with Crippen molar-refractivity contribution in [3.05, 3.63) is 65.2 Å². The van der Waals surface area contributed by atoms with Crippen LogP contribution >= 0.6 is 0 Å². The van der Waals surface area contributed by atoms with Gasteiger partial charge in [-0.1, -0.05) is 24.3 Å². The van der Waals surface area contributed by atoms with E-state index in [1.807, 2.05) is 36.9 Å². The van der Waals surface area contributed by atoms with Crippen LogP contribution in [0.15, 0.2) is 53.5 Å². The van der Waals surface area contributed by atoms with Crippen LogP contribution in [0, 0.1) is 0 Å². The molecule has 2 aliphatic heterocycles. The van der Waals surface area contributed by atoms with E-state index in [0.717, 1.165) is 22.4 Å². The molecule has 2 aromatic rings. The number of esters is 1. The molecule has 0 spiro atoms. The van der Waals surface area contributed by atoms with Crippen molar-refractivity contribution in [1.82, 2.24) is 0 Å². The number of carbonyl (C=O) groups excluding carboxylic acids is 2. The number of allylic oxidation sites excluding steroid dienone is 1. The zero-order valence-corrected chi connectivity index (χ0v) is 16.4. The Balaban J connectivity index is 1.78. The maximum atomic E-state index is 13.3. The molecule has 0 saturated heterocycles. The number of benzene rings is 2. The average molecular weight is 374 g/mol. The van der Waals surface area contributed by atoms with E-state index in [0.29, 0.717) is 23.6 Å². The van der Waals surface area contributed by atoms with Gasteiger partial charge >= 0.3 is 5.97 Å². The zero-order valence-electron chi connectivity index (χ0n) is 16.4. The monoisotopic (exact) mass is 374 g/mol. The van der Waals surface area contributed by atoms with E-state index in [9.17, 15) is 9.59 Å². The van der Waals surface area contributed by atoms with Crippen LogP contribution in [0.3, 0.4) is 0 Å². The summed E-state index contributed by atoms with van der Waals surface area (Å²) in [6.45, 7) is 8.24. The standard InChI is InChI=1S/C23H22N2O3/c1-5-28-22(27)15-9-11-16(12-10-15)24-19-18-8-6-7-17-14(2)13-23(3,4)25(20(17)18)21(19)26/h6-13H,5H2,1-4H3. The number of aliphatic imine (C=N–C) groups is 1. The van der Waals surface area contributed by atoms with Crippen LogP contribution in [0.25, 0.3) is 5.57 Å². The fourth-order valence-electron chi connectivity index (χ4n) is 3.96. The lowest BCUT2D eigenvalue weighted by atomic mass is 9.89. The van der Waals surface area contributed by atoms with Crippen molar-refractivity contribution in [2.75, 3.05) is 11.5 Å². The molecule has 2 heterocycles. The van der Waals surface area contributed by atoms with Crippen LogP contribution in [0.5, 0.6) is 0 Å². The van der Waals surface area contributed by atoms with Crippen LogP contribution in [0.4, 0.5) is 11.4 Å². The summed E-state index contributed by atoms with van der Waals surface area (Å²) in [5.41, 5.74) is 5.09. The largest absolute Gasteiger partial charge is 0.462 e. The third-order valence-electron chi connectivity index (χ3n) is 5.11. The minimum absolute atomic E-state index is 0.106. The lowest BCUT2D eigenvalue weighted by Gasteiger charge is -2.38. The highest BCUT2D eigenvalue weighted by molar-refractivity contribution is 6.55. The Kier molecular flexibility index (Phi) is 4.18. The fourth-order valence-corrected chi connectivity index (χ4v) is 3.96. The quantitative estimate of drug-likeness (QED) is 0.742. The Morgan fingerprint density at radius 2 is 1.79 bits per heavy atom. The molecule has 0 N–H and O–H groups in total. The van der Waals surface area contributed by atoms with Crippen molar-refractivity contribution < 1.29 is 14.3 Å². The number of anilines is 1. The van der Waals surface area contributed by atoms with E-state index in [2.05, 4.69) is 18.0 Å². The van der Waals surface area contributed by atoms with Gasteiger partial charge in [0.15, 0.2) is 0 Å². The average Bonchev–Trinajstić information content (AvgIpc) is 2.94. The van der Waals surface area contributed by atoms with Crippen molar-refractivity contribution in [3.8, 4) is 0 Å². The first-order chi connectivity index (χ1) is 13.3. The molecule has 2 aliphatic rings. The molecule has 5 nitrogen and oxygen atoms in total. The smallest absolute Gasteiger partial charge is 0.338 e. The Morgan fingerprint density at radius 3 is 2.46 bits per heavy atom. The fraction of sp³-hybridized carbons (Fsp3) is 0.261. The molecule has 0 atom stereocenters. The van der Waals surface area contributed by atoms with Gasteiger partial charge in [-0.25, -0.2) is 9.79 Å². The molecule has 5 heteroatoms. The number of amides is 1. The molecule has 0 saturated carbocycles. The molecule has 4 rings (SSSR count). The summed E-state index contributed by atoms with van der Waals surface area (Å²) in [5, 5.41) is 0. The second-order valence-electron chi connectivity index (χ2n) is 7.55. The Labute approximate surface area is 164 Å². The minimum Gasteiger partial charge on any atom is -0.462 e. The number of para-hydroxylation sites is 1. The second-order valence-corrected chi connectivity index (χ2v) is 7.55. The Morgan fingerprint density at radius 1 is 1.11 bits per heavy atom. The Bertz CT molecular complexity index is 1050. The molecule has 0 bridgehead atoms. The predicted molar refractivity (Wildman–Crippen MR) is 110 cm³/mol. The van der Waals surface area contributed by atoms with E-state index < -0.39 is 5.54 Å². The van der Waals surface area contributed by atoms with Crippen LogP contribution in [0.2, 0.25) is 0 Å². The SMILES string of the molecule is CCOC(=O)c1ccc(N=C2C(=O)N3c4c(cccc42)C(C)=CC3(C)C)cc1. The molecule has 1 amide bonds. The first-order valence-electron chi connectivity index (χ1n) is 9.37. The highest BCUT2D eigenvalue weighted by atomic mass is 16.5. The normalized spacial score (nSPS) is 18.1. The summed E-state index contributed by atoms with van der Waals surface area (Å²) in [7, 11) is 0. The molecule has 0 aromatic heterocycles. The number of carbonyl (C=O) groups is 2. The van der Waals surface area contributed by atoms with Gasteiger partial charge < -0.3 is 4.74 Å². The first-order valence-corrected chi connectivity index (χ1v) is 9.37. The molecular formula is C23H22N2O3. The summed E-state index contributed by atoms with van der Waals surface area (Å²) >= 11 is 0. The van der Waals surface area contributed by atoms with E-state index >= 15 is 0 Å². The van der Waals surface area contributed by atoms with Gasteiger partial charge in [0.25, 0.3) is 5.91 Å².